The molecule has 2 rings (SSSR count). The Labute approximate surface area is 77.4 Å². The lowest BCUT2D eigenvalue weighted by Crippen LogP contribution is -2.08. The van der Waals surface area contributed by atoms with Crippen molar-refractivity contribution in [2.75, 3.05) is 6.61 Å². The van der Waals surface area contributed by atoms with E-state index >= 15 is 0 Å². The van der Waals surface area contributed by atoms with Crippen LogP contribution >= 0.6 is 0 Å². The van der Waals surface area contributed by atoms with E-state index in [1.807, 2.05) is 30.3 Å². The lowest BCUT2D eigenvalue weighted by molar-refractivity contribution is 0.269. The molecule has 13 heavy (non-hydrogen) atoms. The molecule has 0 spiro atoms. The Morgan fingerprint density at radius 3 is 2.62 bits per heavy atom. The van der Waals surface area contributed by atoms with E-state index in [0.717, 1.165) is 12.0 Å². The van der Waals surface area contributed by atoms with Crippen LogP contribution in [0.2, 0.25) is 0 Å². The van der Waals surface area contributed by atoms with Gasteiger partial charge in [0.1, 0.15) is 0 Å². The van der Waals surface area contributed by atoms with Crippen LogP contribution in [0.5, 0.6) is 0 Å². The van der Waals surface area contributed by atoms with Crippen LogP contribution in [0.25, 0.3) is 0 Å². The SMILES string of the molecule is N#C[C@@]1(c2ccccc2)C[C@H]1CO. The summed E-state index contributed by atoms with van der Waals surface area (Å²) in [4.78, 5) is 0. The van der Waals surface area contributed by atoms with Crippen LogP contribution in [0, 0.1) is 17.2 Å². The van der Waals surface area contributed by atoms with Crippen LogP contribution in [0.15, 0.2) is 30.3 Å². The van der Waals surface area contributed by atoms with Crippen molar-refractivity contribution in [2.45, 2.75) is 11.8 Å². The average Bonchev–Trinajstić information content (AvgIpc) is 2.94. The summed E-state index contributed by atoms with van der Waals surface area (Å²) in [5.74, 6) is 0.139. The van der Waals surface area contributed by atoms with Crippen molar-refractivity contribution in [3.8, 4) is 6.07 Å². The highest BCUT2D eigenvalue weighted by Gasteiger charge is 2.55. The largest absolute Gasteiger partial charge is 0.396 e. The first-order valence-corrected chi connectivity index (χ1v) is 4.41. The Hall–Kier alpha value is -1.33. The molecule has 1 aromatic rings. The normalized spacial score (nSPS) is 30.9. The highest BCUT2D eigenvalue weighted by atomic mass is 16.3. The third-order valence-corrected chi connectivity index (χ3v) is 2.81. The van der Waals surface area contributed by atoms with Gasteiger partial charge in [-0.1, -0.05) is 30.3 Å². The number of aliphatic hydroxyl groups is 1. The third-order valence-electron chi connectivity index (χ3n) is 2.81. The van der Waals surface area contributed by atoms with Gasteiger partial charge < -0.3 is 5.11 Å². The summed E-state index contributed by atoms with van der Waals surface area (Å²) >= 11 is 0. The summed E-state index contributed by atoms with van der Waals surface area (Å²) in [6.45, 7) is 0.114. The Kier molecular flexibility index (Phi) is 1.82. The first-order chi connectivity index (χ1) is 6.33. The first kappa shape index (κ1) is 8.28. The maximum absolute atomic E-state index is 9.05. The van der Waals surface area contributed by atoms with Crippen LogP contribution in [0.4, 0.5) is 0 Å². The molecule has 0 amide bonds. The van der Waals surface area contributed by atoms with Crippen molar-refractivity contribution in [3.63, 3.8) is 0 Å². The average molecular weight is 173 g/mol. The first-order valence-electron chi connectivity index (χ1n) is 4.41. The van der Waals surface area contributed by atoms with Gasteiger partial charge in [0.25, 0.3) is 0 Å². The van der Waals surface area contributed by atoms with Gasteiger partial charge in [-0.05, 0) is 12.0 Å². The van der Waals surface area contributed by atoms with Crippen molar-refractivity contribution in [1.82, 2.24) is 0 Å². The Balaban J connectivity index is 2.32. The molecule has 1 aliphatic rings. The van der Waals surface area contributed by atoms with Gasteiger partial charge >= 0.3 is 0 Å². The second-order valence-electron chi connectivity index (χ2n) is 3.53. The third kappa shape index (κ3) is 1.13. The lowest BCUT2D eigenvalue weighted by Gasteiger charge is -2.06. The zero-order valence-electron chi connectivity index (χ0n) is 7.27. The molecule has 2 atom stereocenters. The molecule has 2 heteroatoms. The molecular formula is C11H11NO. The number of rotatable bonds is 2. The summed E-state index contributed by atoms with van der Waals surface area (Å²) in [5.41, 5.74) is 0.646. The molecule has 1 saturated carbocycles. The number of hydrogen-bond donors (Lipinski definition) is 1. The molecule has 0 aromatic heterocycles. The number of hydrogen-bond acceptors (Lipinski definition) is 2. The molecule has 0 unspecified atom stereocenters. The zero-order valence-corrected chi connectivity index (χ0v) is 7.27. The van der Waals surface area contributed by atoms with E-state index in [1.54, 1.807) is 0 Å². The van der Waals surface area contributed by atoms with Crippen molar-refractivity contribution in [3.05, 3.63) is 35.9 Å². The molecule has 2 nitrogen and oxygen atoms in total. The fourth-order valence-electron chi connectivity index (χ4n) is 1.84. The maximum atomic E-state index is 9.05. The standard InChI is InChI=1S/C11H11NO/c12-8-11(6-10(11)7-13)9-4-2-1-3-5-9/h1-5,10,13H,6-7H2/t10-,11+/m0/s1. The van der Waals surface area contributed by atoms with E-state index in [4.69, 9.17) is 10.4 Å². The lowest BCUT2D eigenvalue weighted by atomic mass is 9.95. The smallest absolute Gasteiger partial charge is 0.0877 e. The molecular weight excluding hydrogens is 162 g/mol. The van der Waals surface area contributed by atoms with E-state index in [-0.39, 0.29) is 12.5 Å². The fourth-order valence-corrected chi connectivity index (χ4v) is 1.84. The highest BCUT2D eigenvalue weighted by molar-refractivity contribution is 5.41. The van der Waals surface area contributed by atoms with Gasteiger partial charge in [0.15, 0.2) is 0 Å². The van der Waals surface area contributed by atoms with E-state index in [2.05, 4.69) is 6.07 Å². The highest BCUT2D eigenvalue weighted by Crippen LogP contribution is 2.53. The molecule has 1 fully saturated rings. The van der Waals surface area contributed by atoms with Crippen molar-refractivity contribution in [1.29, 1.82) is 5.26 Å². The Morgan fingerprint density at radius 2 is 2.15 bits per heavy atom. The summed E-state index contributed by atoms with van der Waals surface area (Å²) in [6, 6.07) is 12.0. The van der Waals surface area contributed by atoms with Crippen molar-refractivity contribution < 1.29 is 5.11 Å². The fraction of sp³-hybridized carbons (Fsp3) is 0.364. The van der Waals surface area contributed by atoms with Crippen LogP contribution in [-0.2, 0) is 5.41 Å². The van der Waals surface area contributed by atoms with E-state index in [0.29, 0.717) is 0 Å². The maximum Gasteiger partial charge on any atom is 0.0877 e. The number of nitriles is 1. The number of aliphatic hydroxyl groups excluding tert-OH is 1. The zero-order chi connectivity index (χ0) is 9.31. The monoisotopic (exact) mass is 173 g/mol. The van der Waals surface area contributed by atoms with Crippen LogP contribution in [-0.4, -0.2) is 11.7 Å². The number of nitrogens with zero attached hydrogens (tertiary/aromatic N) is 1. The van der Waals surface area contributed by atoms with E-state index in [9.17, 15) is 0 Å². The van der Waals surface area contributed by atoms with Crippen molar-refractivity contribution in [2.24, 2.45) is 5.92 Å². The van der Waals surface area contributed by atoms with Crippen LogP contribution in [0.3, 0.4) is 0 Å². The van der Waals surface area contributed by atoms with Crippen LogP contribution < -0.4 is 0 Å². The molecule has 0 radical (unpaired) electrons. The predicted octanol–water partition coefficient (Wildman–Crippen LogP) is 1.46. The minimum Gasteiger partial charge on any atom is -0.396 e. The molecule has 1 aliphatic carbocycles. The second-order valence-corrected chi connectivity index (χ2v) is 3.53. The molecule has 1 N–H and O–H groups in total. The van der Waals surface area contributed by atoms with E-state index in [1.165, 1.54) is 0 Å². The van der Waals surface area contributed by atoms with Crippen LogP contribution in [0.1, 0.15) is 12.0 Å². The Bertz CT molecular complexity index is 341. The van der Waals surface area contributed by atoms with Gasteiger partial charge in [-0.25, -0.2) is 0 Å². The minimum atomic E-state index is -0.393. The number of benzene rings is 1. The van der Waals surface area contributed by atoms with Crippen molar-refractivity contribution >= 4 is 0 Å². The predicted molar refractivity (Wildman–Crippen MR) is 48.9 cm³/mol. The summed E-state index contributed by atoms with van der Waals surface area (Å²) in [7, 11) is 0. The summed E-state index contributed by atoms with van der Waals surface area (Å²) in [6.07, 6.45) is 0.796. The molecule has 0 bridgehead atoms. The molecule has 66 valence electrons. The van der Waals surface area contributed by atoms with Gasteiger partial charge in [-0.15, -0.1) is 0 Å². The second kappa shape index (κ2) is 2.86. The van der Waals surface area contributed by atoms with Gasteiger partial charge in [0, 0.05) is 12.5 Å². The van der Waals surface area contributed by atoms with Gasteiger partial charge in [-0.2, -0.15) is 5.26 Å². The quantitative estimate of drug-likeness (QED) is 0.735. The molecule has 0 aliphatic heterocycles. The Morgan fingerprint density at radius 1 is 1.46 bits per heavy atom. The minimum absolute atomic E-state index is 0.114. The summed E-state index contributed by atoms with van der Waals surface area (Å²) in [5, 5.41) is 18.0. The van der Waals surface area contributed by atoms with Gasteiger partial charge in [-0.3, -0.25) is 0 Å². The van der Waals surface area contributed by atoms with Gasteiger partial charge in [0.05, 0.1) is 11.5 Å². The van der Waals surface area contributed by atoms with Gasteiger partial charge in [0.2, 0.25) is 0 Å². The molecule has 0 heterocycles. The topological polar surface area (TPSA) is 44.0 Å². The summed E-state index contributed by atoms with van der Waals surface area (Å²) < 4.78 is 0. The molecule has 0 saturated heterocycles. The van der Waals surface area contributed by atoms with E-state index < -0.39 is 5.41 Å². The molecule has 1 aromatic carbocycles.